The van der Waals surface area contributed by atoms with Gasteiger partial charge in [-0.3, -0.25) is 14.7 Å². The Labute approximate surface area is 171 Å². The van der Waals surface area contributed by atoms with Crippen molar-refractivity contribution in [1.29, 1.82) is 0 Å². The van der Waals surface area contributed by atoms with Crippen LogP contribution in [0.1, 0.15) is 10.4 Å². The van der Waals surface area contributed by atoms with Gasteiger partial charge in [0.1, 0.15) is 11.5 Å². The summed E-state index contributed by atoms with van der Waals surface area (Å²) in [4.78, 5) is 29.5. The second-order valence-electron chi connectivity index (χ2n) is 6.79. The number of H-pyrrole nitrogens is 1. The summed E-state index contributed by atoms with van der Waals surface area (Å²) in [5.74, 6) is 0.273. The van der Waals surface area contributed by atoms with E-state index in [0.717, 1.165) is 27.7 Å². The Bertz CT molecular complexity index is 1440. The molecule has 0 aromatic carbocycles. The standard InChI is InChI=1S/C22H15N7O/c1-23-17-3-4-20(25-12-17)28(2)22(30)15-6-8-29-19(10-15)18(13-27-29)16-9-14-5-7-24-21(14)26-11-16/h3-13H,2H3,(H,24,26). The molecule has 0 unspecified atom stereocenters. The topological polar surface area (TPSA) is 83.5 Å². The molecule has 0 fully saturated rings. The molecule has 0 aliphatic rings. The van der Waals surface area contributed by atoms with Gasteiger partial charge in [0, 0.05) is 53.9 Å². The third-order valence-electron chi connectivity index (χ3n) is 4.99. The predicted molar refractivity (Wildman–Crippen MR) is 114 cm³/mol. The van der Waals surface area contributed by atoms with E-state index >= 15 is 0 Å². The largest absolute Gasteiger partial charge is 0.346 e. The van der Waals surface area contributed by atoms with E-state index in [1.807, 2.05) is 24.4 Å². The molecule has 0 spiro atoms. The van der Waals surface area contributed by atoms with Crippen molar-refractivity contribution in [2.24, 2.45) is 0 Å². The Morgan fingerprint density at radius 3 is 2.83 bits per heavy atom. The zero-order valence-corrected chi connectivity index (χ0v) is 15.9. The predicted octanol–water partition coefficient (Wildman–Crippen LogP) is 4.10. The van der Waals surface area contributed by atoms with Crippen LogP contribution in [0.2, 0.25) is 0 Å². The van der Waals surface area contributed by atoms with E-state index in [4.69, 9.17) is 6.57 Å². The lowest BCUT2D eigenvalue weighted by atomic mass is 10.1. The smallest absolute Gasteiger partial charge is 0.259 e. The highest BCUT2D eigenvalue weighted by atomic mass is 16.2. The maximum absolute atomic E-state index is 13.0. The fraction of sp³-hybridized carbons (Fsp3) is 0.0455. The highest BCUT2D eigenvalue weighted by Gasteiger charge is 2.17. The van der Waals surface area contributed by atoms with Gasteiger partial charge in [-0.05, 0) is 30.3 Å². The molecule has 5 aromatic heterocycles. The molecule has 144 valence electrons. The number of rotatable bonds is 3. The van der Waals surface area contributed by atoms with Crippen LogP contribution in [0.15, 0.2) is 67.4 Å². The molecular weight excluding hydrogens is 378 g/mol. The van der Waals surface area contributed by atoms with Crippen molar-refractivity contribution >= 4 is 34.0 Å². The molecular formula is C22H15N7O. The van der Waals surface area contributed by atoms with Crippen LogP contribution in [0, 0.1) is 6.57 Å². The van der Waals surface area contributed by atoms with Gasteiger partial charge in [-0.1, -0.05) is 6.07 Å². The summed E-state index contributed by atoms with van der Waals surface area (Å²) in [6.07, 6.45) is 8.63. The number of nitrogens with one attached hydrogen (secondary N) is 1. The van der Waals surface area contributed by atoms with E-state index in [1.165, 1.54) is 11.1 Å². The van der Waals surface area contributed by atoms with E-state index in [0.29, 0.717) is 17.1 Å². The summed E-state index contributed by atoms with van der Waals surface area (Å²) in [6.45, 7) is 7.02. The molecule has 8 nitrogen and oxygen atoms in total. The lowest BCUT2D eigenvalue weighted by Gasteiger charge is -2.16. The number of hydrogen-bond donors (Lipinski definition) is 1. The number of pyridine rings is 3. The van der Waals surface area contributed by atoms with Crippen molar-refractivity contribution in [3.05, 3.63) is 84.4 Å². The van der Waals surface area contributed by atoms with E-state index < -0.39 is 0 Å². The second-order valence-corrected chi connectivity index (χ2v) is 6.79. The van der Waals surface area contributed by atoms with Crippen molar-refractivity contribution in [3.8, 4) is 11.1 Å². The molecule has 0 bridgehead atoms. The van der Waals surface area contributed by atoms with Crippen LogP contribution in [0.4, 0.5) is 11.5 Å². The Kier molecular flexibility index (Phi) is 4.00. The summed E-state index contributed by atoms with van der Waals surface area (Å²) in [5.41, 5.74) is 4.39. The first-order chi connectivity index (χ1) is 14.6. The number of fused-ring (bicyclic) bond motifs is 2. The van der Waals surface area contributed by atoms with Crippen LogP contribution in [0.5, 0.6) is 0 Å². The number of nitrogens with zero attached hydrogens (tertiary/aromatic N) is 6. The maximum atomic E-state index is 13.0. The van der Waals surface area contributed by atoms with Gasteiger partial charge >= 0.3 is 0 Å². The number of amides is 1. The van der Waals surface area contributed by atoms with E-state index in [-0.39, 0.29) is 5.91 Å². The molecule has 8 heteroatoms. The summed E-state index contributed by atoms with van der Waals surface area (Å²) in [7, 11) is 1.66. The molecule has 0 aliphatic carbocycles. The highest BCUT2D eigenvalue weighted by molar-refractivity contribution is 6.06. The fourth-order valence-electron chi connectivity index (χ4n) is 3.36. The van der Waals surface area contributed by atoms with E-state index in [2.05, 4.69) is 24.9 Å². The minimum Gasteiger partial charge on any atom is -0.346 e. The van der Waals surface area contributed by atoms with Crippen molar-refractivity contribution < 1.29 is 4.79 Å². The van der Waals surface area contributed by atoms with Crippen LogP contribution < -0.4 is 4.90 Å². The quantitative estimate of drug-likeness (QED) is 0.468. The van der Waals surface area contributed by atoms with Crippen LogP contribution in [-0.2, 0) is 0 Å². The van der Waals surface area contributed by atoms with Crippen molar-refractivity contribution in [2.75, 3.05) is 11.9 Å². The Morgan fingerprint density at radius 2 is 2.03 bits per heavy atom. The molecule has 0 saturated carbocycles. The molecule has 5 rings (SSSR count). The minimum absolute atomic E-state index is 0.202. The average Bonchev–Trinajstić information content (AvgIpc) is 3.44. The van der Waals surface area contributed by atoms with Gasteiger partial charge in [-0.2, -0.15) is 5.10 Å². The second kappa shape index (κ2) is 6.83. The maximum Gasteiger partial charge on any atom is 0.259 e. The molecule has 0 atom stereocenters. The first-order valence-electron chi connectivity index (χ1n) is 9.16. The Balaban J connectivity index is 1.53. The van der Waals surface area contributed by atoms with Gasteiger partial charge < -0.3 is 4.98 Å². The average molecular weight is 393 g/mol. The summed E-state index contributed by atoms with van der Waals surface area (Å²) < 4.78 is 1.73. The highest BCUT2D eigenvalue weighted by Crippen LogP contribution is 2.27. The number of carbonyl (C=O) groups excluding carboxylic acids is 1. The zero-order valence-electron chi connectivity index (χ0n) is 15.9. The first kappa shape index (κ1) is 17.6. The van der Waals surface area contributed by atoms with Crippen molar-refractivity contribution in [3.63, 3.8) is 0 Å². The molecule has 1 amide bonds. The van der Waals surface area contributed by atoms with Gasteiger partial charge in [-0.15, -0.1) is 0 Å². The Hall–Kier alpha value is -4.51. The number of anilines is 1. The third-order valence-corrected chi connectivity index (χ3v) is 4.99. The van der Waals surface area contributed by atoms with Gasteiger partial charge in [0.25, 0.3) is 5.91 Å². The van der Waals surface area contributed by atoms with Crippen molar-refractivity contribution in [1.82, 2.24) is 24.6 Å². The minimum atomic E-state index is -0.202. The lowest BCUT2D eigenvalue weighted by molar-refractivity contribution is 0.0992. The van der Waals surface area contributed by atoms with Gasteiger partial charge in [0.2, 0.25) is 5.69 Å². The molecule has 0 radical (unpaired) electrons. The summed E-state index contributed by atoms with van der Waals surface area (Å²) >= 11 is 0. The van der Waals surface area contributed by atoms with Crippen LogP contribution in [-0.4, -0.2) is 37.5 Å². The first-order valence-corrected chi connectivity index (χ1v) is 9.16. The number of aromatic amines is 1. The van der Waals surface area contributed by atoms with Crippen LogP contribution in [0.25, 0.3) is 32.5 Å². The summed E-state index contributed by atoms with van der Waals surface area (Å²) in [6, 6.07) is 10.8. The van der Waals surface area contributed by atoms with Crippen LogP contribution in [0.3, 0.4) is 0 Å². The monoisotopic (exact) mass is 393 g/mol. The lowest BCUT2D eigenvalue weighted by Crippen LogP contribution is -2.27. The SMILES string of the molecule is [C-]#[N+]c1ccc(N(C)C(=O)c2ccn3ncc(-c4cnc5[nH]ccc5c4)c3c2)nc1. The van der Waals surface area contributed by atoms with E-state index in [1.54, 1.807) is 48.4 Å². The normalized spacial score (nSPS) is 10.9. The van der Waals surface area contributed by atoms with Gasteiger partial charge in [-0.25, -0.2) is 14.3 Å². The number of carbonyl (C=O) groups is 1. The number of aromatic nitrogens is 5. The molecule has 1 N–H and O–H groups in total. The van der Waals surface area contributed by atoms with Gasteiger partial charge in [0.05, 0.1) is 18.3 Å². The Morgan fingerprint density at radius 1 is 1.13 bits per heavy atom. The number of hydrogen-bond acceptors (Lipinski definition) is 4. The molecule has 0 saturated heterocycles. The molecule has 30 heavy (non-hydrogen) atoms. The summed E-state index contributed by atoms with van der Waals surface area (Å²) in [5, 5.41) is 5.41. The molecule has 5 heterocycles. The molecule has 0 aliphatic heterocycles. The third kappa shape index (κ3) is 2.86. The van der Waals surface area contributed by atoms with E-state index in [9.17, 15) is 4.79 Å². The fourth-order valence-corrected chi connectivity index (χ4v) is 3.36. The van der Waals surface area contributed by atoms with Crippen molar-refractivity contribution in [2.45, 2.75) is 0 Å². The zero-order chi connectivity index (χ0) is 20.7. The van der Waals surface area contributed by atoms with Crippen LogP contribution >= 0.6 is 0 Å². The molecule has 5 aromatic rings. The van der Waals surface area contributed by atoms with Gasteiger partial charge in [0.15, 0.2) is 0 Å².